The van der Waals surface area contributed by atoms with Gasteiger partial charge in [0.1, 0.15) is 0 Å². The highest BCUT2D eigenvalue weighted by Crippen LogP contribution is 2.50. The first-order valence-electron chi connectivity index (χ1n) is 8.12. The van der Waals surface area contributed by atoms with Crippen molar-refractivity contribution < 1.29 is 9.90 Å². The van der Waals surface area contributed by atoms with E-state index >= 15 is 0 Å². The zero-order valence-corrected chi connectivity index (χ0v) is 14.3. The van der Waals surface area contributed by atoms with Crippen LogP contribution in [-0.4, -0.2) is 23.2 Å². The lowest BCUT2D eigenvalue weighted by Gasteiger charge is -2.20. The number of carbonyl (C=O) groups is 1. The summed E-state index contributed by atoms with van der Waals surface area (Å²) in [5.41, 5.74) is 2.37. The molecule has 4 unspecified atom stereocenters. The van der Waals surface area contributed by atoms with E-state index in [4.69, 9.17) is 0 Å². The van der Waals surface area contributed by atoms with Gasteiger partial charge in [-0.3, -0.25) is 4.79 Å². The van der Waals surface area contributed by atoms with Crippen molar-refractivity contribution in [3.8, 4) is 0 Å². The molecule has 1 aliphatic rings. The zero-order valence-electron chi connectivity index (χ0n) is 13.5. The van der Waals surface area contributed by atoms with Crippen LogP contribution >= 0.6 is 11.3 Å². The average molecular weight is 329 g/mol. The Morgan fingerprint density at radius 3 is 2.74 bits per heavy atom. The van der Waals surface area contributed by atoms with Gasteiger partial charge >= 0.3 is 0 Å². The van der Waals surface area contributed by atoms with E-state index in [0.717, 1.165) is 12.0 Å². The molecule has 1 aliphatic carbocycles. The van der Waals surface area contributed by atoms with E-state index in [9.17, 15) is 9.90 Å². The maximum atomic E-state index is 12.4. The average Bonchev–Trinajstić information content (AvgIpc) is 3.22. The minimum Gasteiger partial charge on any atom is -0.391 e. The van der Waals surface area contributed by atoms with Crippen LogP contribution in [0.25, 0.3) is 0 Å². The van der Waals surface area contributed by atoms with Crippen LogP contribution in [0.2, 0.25) is 0 Å². The third-order valence-electron chi connectivity index (χ3n) is 4.60. The molecule has 0 saturated heterocycles. The first kappa shape index (κ1) is 16.2. The summed E-state index contributed by atoms with van der Waals surface area (Å²) in [6.45, 7) is 3.98. The molecule has 1 aromatic heterocycles. The molecule has 1 aromatic carbocycles. The van der Waals surface area contributed by atoms with E-state index in [1.54, 1.807) is 11.3 Å². The van der Waals surface area contributed by atoms with Crippen molar-refractivity contribution in [1.29, 1.82) is 0 Å². The molecule has 1 heterocycles. The molecule has 3 nitrogen and oxygen atoms in total. The number of hydrogen-bond donors (Lipinski definition) is 2. The third-order valence-corrected chi connectivity index (χ3v) is 5.75. The fourth-order valence-corrected chi connectivity index (χ4v) is 4.11. The monoisotopic (exact) mass is 329 g/mol. The van der Waals surface area contributed by atoms with Gasteiger partial charge in [-0.15, -0.1) is 11.3 Å². The number of benzene rings is 1. The van der Waals surface area contributed by atoms with Crippen LogP contribution in [0.15, 0.2) is 41.8 Å². The molecule has 1 fully saturated rings. The van der Waals surface area contributed by atoms with E-state index in [-0.39, 0.29) is 17.9 Å². The van der Waals surface area contributed by atoms with Crippen LogP contribution < -0.4 is 5.32 Å². The summed E-state index contributed by atoms with van der Waals surface area (Å²) in [4.78, 5) is 13.7. The Kier molecular flexibility index (Phi) is 4.83. The predicted octanol–water partition coefficient (Wildman–Crippen LogP) is 3.27. The minimum absolute atomic E-state index is 0.0683. The van der Waals surface area contributed by atoms with Gasteiger partial charge in [-0.25, -0.2) is 0 Å². The number of amides is 1. The molecule has 23 heavy (non-hydrogen) atoms. The van der Waals surface area contributed by atoms with Crippen molar-refractivity contribution in [1.82, 2.24) is 5.32 Å². The highest BCUT2D eigenvalue weighted by Gasteiger charge is 2.45. The number of nitrogens with one attached hydrogen (secondary N) is 1. The molecule has 4 heteroatoms. The summed E-state index contributed by atoms with van der Waals surface area (Å²) in [5, 5.41) is 15.4. The lowest BCUT2D eigenvalue weighted by Crippen LogP contribution is -2.42. The summed E-state index contributed by atoms with van der Waals surface area (Å²) in [6.07, 6.45) is 0.914. The van der Waals surface area contributed by atoms with Crippen molar-refractivity contribution in [2.24, 2.45) is 5.92 Å². The largest absolute Gasteiger partial charge is 0.391 e. The smallest absolute Gasteiger partial charge is 0.224 e. The Hall–Kier alpha value is -1.65. The van der Waals surface area contributed by atoms with E-state index in [1.165, 1.54) is 10.4 Å². The van der Waals surface area contributed by atoms with Crippen LogP contribution in [0.3, 0.4) is 0 Å². The Morgan fingerprint density at radius 1 is 1.35 bits per heavy atom. The number of aliphatic hydroxyl groups is 1. The topological polar surface area (TPSA) is 49.3 Å². The lowest BCUT2D eigenvalue weighted by atomic mass is 10.0. The van der Waals surface area contributed by atoms with E-state index in [0.29, 0.717) is 12.3 Å². The number of carbonyl (C=O) groups excluding carboxylic acids is 1. The van der Waals surface area contributed by atoms with Crippen LogP contribution in [-0.2, 0) is 11.2 Å². The van der Waals surface area contributed by atoms with Gasteiger partial charge in [-0.2, -0.15) is 0 Å². The van der Waals surface area contributed by atoms with Gasteiger partial charge in [0, 0.05) is 23.1 Å². The van der Waals surface area contributed by atoms with Gasteiger partial charge in [0.25, 0.3) is 0 Å². The summed E-state index contributed by atoms with van der Waals surface area (Å²) in [7, 11) is 0. The Labute approximate surface area is 141 Å². The number of hydrogen-bond acceptors (Lipinski definition) is 3. The molecular weight excluding hydrogens is 306 g/mol. The van der Waals surface area contributed by atoms with E-state index in [1.807, 2.05) is 37.3 Å². The molecule has 0 spiro atoms. The zero-order chi connectivity index (χ0) is 16.4. The maximum Gasteiger partial charge on any atom is 0.224 e. The van der Waals surface area contributed by atoms with Crippen molar-refractivity contribution in [3.05, 3.63) is 57.8 Å². The van der Waals surface area contributed by atoms with Gasteiger partial charge in [0.2, 0.25) is 5.91 Å². The second kappa shape index (κ2) is 6.85. The van der Waals surface area contributed by atoms with Gasteiger partial charge in [-0.05, 0) is 42.8 Å². The van der Waals surface area contributed by atoms with Gasteiger partial charge in [0.15, 0.2) is 0 Å². The lowest BCUT2D eigenvalue weighted by molar-refractivity contribution is -0.123. The molecule has 0 bridgehead atoms. The quantitative estimate of drug-likeness (QED) is 0.854. The van der Waals surface area contributed by atoms with Crippen LogP contribution in [0, 0.1) is 12.8 Å². The highest BCUT2D eigenvalue weighted by molar-refractivity contribution is 7.10. The number of rotatable bonds is 6. The number of aryl methyl sites for hydroxylation is 1. The van der Waals surface area contributed by atoms with Gasteiger partial charge < -0.3 is 10.4 Å². The van der Waals surface area contributed by atoms with Gasteiger partial charge in [-0.1, -0.05) is 30.3 Å². The minimum atomic E-state index is -0.568. The fraction of sp³-hybridized carbons (Fsp3) is 0.421. The van der Waals surface area contributed by atoms with Crippen molar-refractivity contribution in [3.63, 3.8) is 0 Å². The third kappa shape index (κ3) is 3.82. The molecule has 2 N–H and O–H groups in total. The molecule has 0 radical (unpaired) electrons. The fourth-order valence-electron chi connectivity index (χ4n) is 3.00. The standard InChI is InChI=1S/C19H23NO2S/c1-12-8-9-23-18(12)15-11-16(15)19(22)20-13(2)17(21)10-14-6-4-3-5-7-14/h3-9,13,15-17,21H,10-11H2,1-2H3,(H,20,22). The van der Waals surface area contributed by atoms with E-state index in [2.05, 4.69) is 23.7 Å². The van der Waals surface area contributed by atoms with E-state index < -0.39 is 6.10 Å². The van der Waals surface area contributed by atoms with Gasteiger partial charge in [0.05, 0.1) is 12.1 Å². The van der Waals surface area contributed by atoms with Crippen LogP contribution in [0.5, 0.6) is 0 Å². The molecule has 1 amide bonds. The molecule has 3 rings (SSSR count). The predicted molar refractivity (Wildman–Crippen MR) is 93.7 cm³/mol. The highest BCUT2D eigenvalue weighted by atomic mass is 32.1. The summed E-state index contributed by atoms with van der Waals surface area (Å²) >= 11 is 1.74. The molecule has 4 atom stereocenters. The molecular formula is C19H23NO2S. The molecule has 2 aromatic rings. The number of aliphatic hydroxyl groups excluding tert-OH is 1. The Balaban J connectivity index is 1.51. The number of thiophene rings is 1. The summed E-state index contributed by atoms with van der Waals surface area (Å²) < 4.78 is 0. The molecule has 122 valence electrons. The second-order valence-electron chi connectivity index (χ2n) is 6.47. The van der Waals surface area contributed by atoms with Crippen LogP contribution in [0.1, 0.15) is 35.3 Å². The van der Waals surface area contributed by atoms with Crippen molar-refractivity contribution in [2.75, 3.05) is 0 Å². The SMILES string of the molecule is Cc1ccsc1C1CC1C(=O)NC(C)C(O)Cc1ccccc1. The molecule has 0 aliphatic heterocycles. The van der Waals surface area contributed by atoms with Crippen molar-refractivity contribution >= 4 is 17.2 Å². The molecule has 1 saturated carbocycles. The van der Waals surface area contributed by atoms with Crippen molar-refractivity contribution in [2.45, 2.75) is 44.8 Å². The summed E-state index contributed by atoms with van der Waals surface area (Å²) in [5.74, 6) is 0.509. The normalized spacial score (nSPS) is 22.4. The summed E-state index contributed by atoms with van der Waals surface area (Å²) in [6, 6.07) is 11.7. The Morgan fingerprint density at radius 2 is 2.09 bits per heavy atom. The first-order chi connectivity index (χ1) is 11.1. The van der Waals surface area contributed by atoms with Crippen LogP contribution in [0.4, 0.5) is 0 Å². The maximum absolute atomic E-state index is 12.4. The second-order valence-corrected chi connectivity index (χ2v) is 7.42. The Bertz CT molecular complexity index is 667. The first-order valence-corrected chi connectivity index (χ1v) is 9.00.